The van der Waals surface area contributed by atoms with Gasteiger partial charge in [0.25, 0.3) is 0 Å². The molecule has 0 radical (unpaired) electrons. The molecule has 0 saturated carbocycles. The normalized spacial score (nSPS) is 17.0. The minimum absolute atomic E-state index is 0.165. The summed E-state index contributed by atoms with van der Waals surface area (Å²) >= 11 is 0. The van der Waals surface area contributed by atoms with E-state index in [1.807, 2.05) is 17.9 Å². The number of urea groups is 1. The van der Waals surface area contributed by atoms with Crippen LogP contribution in [0.5, 0.6) is 0 Å². The predicted molar refractivity (Wildman–Crippen MR) is 83.3 cm³/mol. The molecule has 0 aliphatic carbocycles. The fourth-order valence-corrected chi connectivity index (χ4v) is 2.60. The van der Waals surface area contributed by atoms with Crippen LogP contribution in [0.2, 0.25) is 0 Å². The second-order valence-electron chi connectivity index (χ2n) is 5.68. The van der Waals surface area contributed by atoms with Gasteiger partial charge in [-0.2, -0.15) is 0 Å². The molecular weight excluding hydrogens is 282 g/mol. The van der Waals surface area contributed by atoms with Gasteiger partial charge < -0.3 is 20.0 Å². The van der Waals surface area contributed by atoms with Crippen molar-refractivity contribution < 1.29 is 14.0 Å². The van der Waals surface area contributed by atoms with Crippen molar-refractivity contribution in [2.24, 2.45) is 0 Å². The molecule has 6 heteroatoms. The highest BCUT2D eigenvalue weighted by Gasteiger charge is 2.16. The van der Waals surface area contributed by atoms with Crippen LogP contribution in [-0.4, -0.2) is 36.5 Å². The lowest BCUT2D eigenvalue weighted by Gasteiger charge is -2.20. The summed E-state index contributed by atoms with van der Waals surface area (Å²) in [5, 5.41) is 5.63. The molecule has 1 atom stereocenters. The summed E-state index contributed by atoms with van der Waals surface area (Å²) in [6.45, 7) is 3.99. The lowest BCUT2D eigenvalue weighted by atomic mass is 10.2. The molecule has 2 heterocycles. The van der Waals surface area contributed by atoms with E-state index in [-0.39, 0.29) is 18.0 Å². The summed E-state index contributed by atoms with van der Waals surface area (Å²) in [6.07, 6.45) is 6.24. The fraction of sp³-hybridized carbons (Fsp3) is 0.625. The summed E-state index contributed by atoms with van der Waals surface area (Å²) in [5.41, 5.74) is 0. The Morgan fingerprint density at radius 2 is 2.27 bits per heavy atom. The van der Waals surface area contributed by atoms with Gasteiger partial charge in [-0.05, 0) is 38.3 Å². The van der Waals surface area contributed by atoms with E-state index in [4.69, 9.17) is 4.42 Å². The van der Waals surface area contributed by atoms with Crippen molar-refractivity contribution in [3.05, 3.63) is 24.2 Å². The van der Waals surface area contributed by atoms with Crippen molar-refractivity contribution in [3.8, 4) is 0 Å². The molecule has 0 unspecified atom stereocenters. The molecule has 3 amide bonds. The van der Waals surface area contributed by atoms with Crippen LogP contribution < -0.4 is 10.6 Å². The maximum absolute atomic E-state index is 11.8. The van der Waals surface area contributed by atoms with Crippen LogP contribution in [0, 0.1) is 0 Å². The van der Waals surface area contributed by atoms with Crippen LogP contribution in [0.25, 0.3) is 0 Å². The number of nitrogens with zero attached hydrogens (tertiary/aromatic N) is 1. The fourth-order valence-electron chi connectivity index (χ4n) is 2.60. The molecule has 0 aromatic carbocycles. The van der Waals surface area contributed by atoms with Gasteiger partial charge in [-0.3, -0.25) is 4.79 Å². The van der Waals surface area contributed by atoms with Crippen molar-refractivity contribution in [3.63, 3.8) is 0 Å². The topological polar surface area (TPSA) is 74.6 Å². The summed E-state index contributed by atoms with van der Waals surface area (Å²) in [5.74, 6) is 0.971. The summed E-state index contributed by atoms with van der Waals surface area (Å²) in [7, 11) is 0. The molecule has 1 aromatic rings. The van der Waals surface area contributed by atoms with E-state index in [1.165, 1.54) is 0 Å². The second kappa shape index (κ2) is 8.46. The van der Waals surface area contributed by atoms with Crippen LogP contribution in [0.4, 0.5) is 4.79 Å². The van der Waals surface area contributed by atoms with Crippen LogP contribution in [0.15, 0.2) is 22.8 Å². The number of rotatable bonds is 6. The smallest absolute Gasteiger partial charge is 0.315 e. The van der Waals surface area contributed by atoms with Gasteiger partial charge in [-0.15, -0.1) is 0 Å². The molecule has 1 saturated heterocycles. The summed E-state index contributed by atoms with van der Waals surface area (Å²) in [6, 6.07) is 3.24. The molecular formula is C16H25N3O3. The molecule has 1 fully saturated rings. The van der Waals surface area contributed by atoms with E-state index in [0.717, 1.165) is 38.0 Å². The number of carbonyl (C=O) groups is 2. The van der Waals surface area contributed by atoms with Crippen molar-refractivity contribution in [2.45, 2.75) is 45.1 Å². The second-order valence-corrected chi connectivity index (χ2v) is 5.68. The predicted octanol–water partition coefficient (Wildman–Crippen LogP) is 2.43. The largest absolute Gasteiger partial charge is 0.467 e. The average molecular weight is 307 g/mol. The highest BCUT2D eigenvalue weighted by Crippen LogP contribution is 2.12. The number of amides is 3. The molecule has 122 valence electrons. The zero-order valence-corrected chi connectivity index (χ0v) is 13.1. The van der Waals surface area contributed by atoms with Crippen molar-refractivity contribution in [2.75, 3.05) is 19.6 Å². The zero-order valence-electron chi connectivity index (χ0n) is 13.1. The summed E-state index contributed by atoms with van der Waals surface area (Å²) in [4.78, 5) is 25.5. The third kappa shape index (κ3) is 5.09. The molecule has 0 bridgehead atoms. The van der Waals surface area contributed by atoms with E-state index in [0.29, 0.717) is 19.5 Å². The van der Waals surface area contributed by atoms with Crippen LogP contribution in [-0.2, 0) is 4.79 Å². The molecule has 1 aromatic heterocycles. The molecule has 1 aliphatic heterocycles. The van der Waals surface area contributed by atoms with Gasteiger partial charge in [0, 0.05) is 26.1 Å². The number of likely N-dealkylation sites (tertiary alicyclic amines) is 1. The van der Waals surface area contributed by atoms with Crippen molar-refractivity contribution in [1.29, 1.82) is 0 Å². The van der Waals surface area contributed by atoms with Gasteiger partial charge in [0.1, 0.15) is 5.76 Å². The number of furan rings is 1. The third-order valence-corrected chi connectivity index (χ3v) is 3.88. The van der Waals surface area contributed by atoms with Crippen LogP contribution in [0.3, 0.4) is 0 Å². The van der Waals surface area contributed by atoms with Crippen molar-refractivity contribution in [1.82, 2.24) is 15.5 Å². The molecule has 2 N–H and O–H groups in total. The van der Waals surface area contributed by atoms with Gasteiger partial charge in [-0.1, -0.05) is 6.42 Å². The van der Waals surface area contributed by atoms with Gasteiger partial charge in [0.15, 0.2) is 0 Å². The van der Waals surface area contributed by atoms with Gasteiger partial charge >= 0.3 is 6.03 Å². The number of nitrogens with one attached hydrogen (secondary N) is 2. The molecule has 2 rings (SSSR count). The van der Waals surface area contributed by atoms with E-state index in [2.05, 4.69) is 10.6 Å². The van der Waals surface area contributed by atoms with E-state index in [9.17, 15) is 9.59 Å². The standard InChI is InChI=1S/C16H25N3O3/c1-13(14-7-5-12-22-14)18-16(21)17-9-6-11-19-10-4-2-3-8-15(19)20/h5,7,12-13H,2-4,6,8-11H2,1H3,(H2,17,18,21)/t13-/m0/s1. The minimum Gasteiger partial charge on any atom is -0.467 e. The highest BCUT2D eigenvalue weighted by molar-refractivity contribution is 5.76. The maximum Gasteiger partial charge on any atom is 0.315 e. The Hall–Kier alpha value is -1.98. The number of hydrogen-bond donors (Lipinski definition) is 2. The first-order chi connectivity index (χ1) is 10.7. The third-order valence-electron chi connectivity index (χ3n) is 3.88. The lowest BCUT2D eigenvalue weighted by molar-refractivity contribution is -0.130. The molecule has 0 spiro atoms. The Labute approximate surface area is 131 Å². The first-order valence-corrected chi connectivity index (χ1v) is 8.02. The Kier molecular flexibility index (Phi) is 6.30. The molecule has 6 nitrogen and oxygen atoms in total. The highest BCUT2D eigenvalue weighted by atomic mass is 16.3. The van der Waals surface area contributed by atoms with Crippen molar-refractivity contribution >= 4 is 11.9 Å². The number of hydrogen-bond acceptors (Lipinski definition) is 3. The Morgan fingerprint density at radius 1 is 1.41 bits per heavy atom. The van der Waals surface area contributed by atoms with Gasteiger partial charge in [0.05, 0.1) is 12.3 Å². The van der Waals surface area contributed by atoms with Gasteiger partial charge in [-0.25, -0.2) is 4.79 Å². The summed E-state index contributed by atoms with van der Waals surface area (Å²) < 4.78 is 5.24. The first-order valence-electron chi connectivity index (χ1n) is 8.02. The van der Waals surface area contributed by atoms with Crippen LogP contribution in [0.1, 0.15) is 50.8 Å². The quantitative estimate of drug-likeness (QED) is 0.793. The average Bonchev–Trinajstić information content (AvgIpc) is 2.95. The van der Waals surface area contributed by atoms with Gasteiger partial charge in [0.2, 0.25) is 5.91 Å². The zero-order chi connectivity index (χ0) is 15.8. The monoisotopic (exact) mass is 307 g/mol. The Morgan fingerprint density at radius 3 is 3.05 bits per heavy atom. The van der Waals surface area contributed by atoms with Crippen LogP contribution >= 0.6 is 0 Å². The molecule has 22 heavy (non-hydrogen) atoms. The maximum atomic E-state index is 11.8. The first kappa shape index (κ1) is 16.4. The minimum atomic E-state index is -0.217. The van der Waals surface area contributed by atoms with E-state index < -0.39 is 0 Å². The Balaban J connectivity index is 1.61. The lowest BCUT2D eigenvalue weighted by Crippen LogP contribution is -2.39. The van der Waals surface area contributed by atoms with E-state index in [1.54, 1.807) is 12.3 Å². The molecule has 1 aliphatic rings. The number of carbonyl (C=O) groups excluding carboxylic acids is 2. The Bertz CT molecular complexity index is 473. The van der Waals surface area contributed by atoms with E-state index >= 15 is 0 Å². The SMILES string of the molecule is C[C@H](NC(=O)NCCCN1CCCCCC1=O)c1ccco1.